The topological polar surface area (TPSA) is 60.7 Å². The summed E-state index contributed by atoms with van der Waals surface area (Å²) in [6.45, 7) is 4.20. The molecule has 90 valence electrons. The van der Waals surface area contributed by atoms with Gasteiger partial charge >= 0.3 is 0 Å². The van der Waals surface area contributed by atoms with E-state index >= 15 is 0 Å². The highest BCUT2D eigenvalue weighted by Crippen LogP contribution is 2.27. The molecule has 2 aromatic rings. The van der Waals surface area contributed by atoms with Crippen LogP contribution in [0.2, 0.25) is 0 Å². The predicted molar refractivity (Wildman–Crippen MR) is 65.7 cm³/mol. The molecule has 0 bridgehead atoms. The molecule has 0 amide bonds. The van der Waals surface area contributed by atoms with E-state index in [0.29, 0.717) is 5.69 Å². The Hall–Kier alpha value is -1.56. The van der Waals surface area contributed by atoms with Crippen molar-refractivity contribution in [2.45, 2.75) is 32.6 Å². The molecule has 0 saturated carbocycles. The summed E-state index contributed by atoms with van der Waals surface area (Å²) < 4.78 is 1.69. The molecule has 0 spiro atoms. The Morgan fingerprint density at radius 3 is 2.76 bits per heavy atom. The van der Waals surface area contributed by atoms with Crippen molar-refractivity contribution in [3.05, 3.63) is 23.0 Å². The Labute approximate surface area is 103 Å². The summed E-state index contributed by atoms with van der Waals surface area (Å²) in [5, 5.41) is 10.6. The lowest BCUT2D eigenvalue weighted by Crippen LogP contribution is -2.08. The second-order valence-electron chi connectivity index (χ2n) is 3.72. The molecule has 5 nitrogen and oxygen atoms in total. The molecule has 17 heavy (non-hydrogen) atoms. The Morgan fingerprint density at radius 1 is 1.47 bits per heavy atom. The van der Waals surface area contributed by atoms with Crippen molar-refractivity contribution in [1.82, 2.24) is 20.0 Å². The molecular weight excluding hydrogens is 236 g/mol. The maximum Gasteiger partial charge on any atom is 0.211 e. The zero-order chi connectivity index (χ0) is 12.3. The molecule has 2 rings (SSSR count). The van der Waals surface area contributed by atoms with Crippen LogP contribution in [0.25, 0.3) is 5.13 Å². The molecule has 0 radical (unpaired) electrons. The van der Waals surface area contributed by atoms with E-state index in [1.54, 1.807) is 10.9 Å². The fraction of sp³-hybridized carbons (Fsp3) is 0.455. The normalized spacial score (nSPS) is 11.0. The zero-order valence-corrected chi connectivity index (χ0v) is 10.6. The first-order chi connectivity index (χ1) is 8.31. The summed E-state index contributed by atoms with van der Waals surface area (Å²) in [7, 11) is 0. The van der Waals surface area contributed by atoms with Crippen LogP contribution < -0.4 is 0 Å². The Morgan fingerprint density at radius 2 is 2.24 bits per heavy atom. The lowest BCUT2D eigenvalue weighted by Gasteiger charge is -2.13. The Bertz CT molecular complexity index is 488. The van der Waals surface area contributed by atoms with Crippen molar-refractivity contribution >= 4 is 17.6 Å². The number of aldehydes is 1. The minimum atomic E-state index is 0.286. The van der Waals surface area contributed by atoms with Crippen LogP contribution in [0.15, 0.2) is 11.6 Å². The highest BCUT2D eigenvalue weighted by molar-refractivity contribution is 7.12. The second kappa shape index (κ2) is 5.18. The number of carbonyl (C=O) groups is 1. The molecule has 0 atom stereocenters. The minimum absolute atomic E-state index is 0.286. The second-order valence-corrected chi connectivity index (χ2v) is 4.59. The third-order valence-corrected chi connectivity index (χ3v) is 3.56. The number of hydrogen-bond acceptors (Lipinski definition) is 5. The molecule has 0 saturated heterocycles. The summed E-state index contributed by atoms with van der Waals surface area (Å²) in [6.07, 6.45) is 4.40. The van der Waals surface area contributed by atoms with Crippen molar-refractivity contribution in [3.63, 3.8) is 0 Å². The number of rotatable bonds is 5. The van der Waals surface area contributed by atoms with Crippen LogP contribution in [0.1, 0.15) is 48.8 Å². The first-order valence-electron chi connectivity index (χ1n) is 5.62. The van der Waals surface area contributed by atoms with Crippen molar-refractivity contribution in [2.24, 2.45) is 0 Å². The van der Waals surface area contributed by atoms with Gasteiger partial charge in [-0.2, -0.15) is 4.68 Å². The maximum absolute atomic E-state index is 11.0. The summed E-state index contributed by atoms with van der Waals surface area (Å²) >= 11 is 1.49. The Balaban J connectivity index is 2.53. The van der Waals surface area contributed by atoms with Gasteiger partial charge < -0.3 is 0 Å². The van der Waals surface area contributed by atoms with E-state index in [1.807, 2.05) is 5.38 Å². The Kier molecular flexibility index (Phi) is 3.63. The van der Waals surface area contributed by atoms with Crippen molar-refractivity contribution in [1.29, 1.82) is 0 Å². The number of thiazole rings is 1. The van der Waals surface area contributed by atoms with Gasteiger partial charge in [0, 0.05) is 17.5 Å². The highest BCUT2D eigenvalue weighted by Gasteiger charge is 2.21. The van der Waals surface area contributed by atoms with Crippen LogP contribution >= 0.6 is 11.3 Å². The van der Waals surface area contributed by atoms with Gasteiger partial charge in [-0.25, -0.2) is 4.98 Å². The van der Waals surface area contributed by atoms with Gasteiger partial charge in [-0.1, -0.05) is 19.1 Å². The van der Waals surface area contributed by atoms with Gasteiger partial charge in [0.25, 0.3) is 0 Å². The maximum atomic E-state index is 11.0. The van der Waals surface area contributed by atoms with Crippen LogP contribution in [0, 0.1) is 0 Å². The molecule has 0 aliphatic heterocycles. The third-order valence-electron chi connectivity index (χ3n) is 2.82. The molecular formula is C11H14N4OS. The van der Waals surface area contributed by atoms with Gasteiger partial charge in [0.1, 0.15) is 5.69 Å². The van der Waals surface area contributed by atoms with Gasteiger partial charge in [-0.15, -0.1) is 16.4 Å². The van der Waals surface area contributed by atoms with E-state index in [2.05, 4.69) is 29.1 Å². The zero-order valence-electron chi connectivity index (χ0n) is 9.83. The quantitative estimate of drug-likeness (QED) is 0.765. The SMILES string of the molecule is CCC(CC)c1c(C=O)nnn1-c1nccs1. The molecule has 6 heteroatoms. The number of hydrogen-bond donors (Lipinski definition) is 0. The first-order valence-corrected chi connectivity index (χ1v) is 6.50. The number of aromatic nitrogens is 4. The third kappa shape index (κ3) is 2.12. The van der Waals surface area contributed by atoms with E-state index in [1.165, 1.54) is 11.3 Å². The van der Waals surface area contributed by atoms with Crippen molar-refractivity contribution < 1.29 is 4.79 Å². The molecule has 0 unspecified atom stereocenters. The van der Waals surface area contributed by atoms with E-state index in [9.17, 15) is 4.79 Å². The van der Waals surface area contributed by atoms with E-state index in [4.69, 9.17) is 0 Å². The number of nitrogens with zero attached hydrogens (tertiary/aromatic N) is 4. The number of carbonyl (C=O) groups excluding carboxylic acids is 1. The molecule has 0 N–H and O–H groups in total. The summed E-state index contributed by atoms with van der Waals surface area (Å²) in [4.78, 5) is 15.2. The summed E-state index contributed by atoms with van der Waals surface area (Å²) in [5.74, 6) is 0.286. The monoisotopic (exact) mass is 250 g/mol. The standard InChI is InChI=1S/C11H14N4OS/c1-3-8(4-2)10-9(7-16)13-14-15(10)11-12-5-6-17-11/h5-8H,3-4H2,1-2H3. The minimum Gasteiger partial charge on any atom is -0.296 e. The van der Waals surface area contributed by atoms with Gasteiger partial charge in [0.15, 0.2) is 6.29 Å². The van der Waals surface area contributed by atoms with E-state index < -0.39 is 0 Å². The molecule has 0 fully saturated rings. The van der Waals surface area contributed by atoms with E-state index in [0.717, 1.165) is 30.0 Å². The smallest absolute Gasteiger partial charge is 0.211 e. The first kappa shape index (κ1) is 11.9. The lowest BCUT2D eigenvalue weighted by atomic mass is 9.98. The molecule has 2 heterocycles. The average molecular weight is 250 g/mol. The van der Waals surface area contributed by atoms with Crippen LogP contribution in [0.3, 0.4) is 0 Å². The molecule has 0 aliphatic carbocycles. The lowest BCUT2D eigenvalue weighted by molar-refractivity contribution is 0.111. The van der Waals surface area contributed by atoms with Crippen LogP contribution in [-0.2, 0) is 0 Å². The van der Waals surface area contributed by atoms with Gasteiger partial charge in [0.05, 0.1) is 5.69 Å². The van der Waals surface area contributed by atoms with Crippen LogP contribution in [-0.4, -0.2) is 26.3 Å². The molecule has 2 aromatic heterocycles. The van der Waals surface area contributed by atoms with Gasteiger partial charge in [0.2, 0.25) is 5.13 Å². The van der Waals surface area contributed by atoms with Crippen LogP contribution in [0.4, 0.5) is 0 Å². The predicted octanol–water partition coefficient (Wildman–Crippen LogP) is 2.44. The van der Waals surface area contributed by atoms with Gasteiger partial charge in [-0.3, -0.25) is 4.79 Å². The summed E-state index contributed by atoms with van der Waals surface area (Å²) in [6, 6.07) is 0. The fourth-order valence-electron chi connectivity index (χ4n) is 1.90. The van der Waals surface area contributed by atoms with Crippen LogP contribution in [0.5, 0.6) is 0 Å². The largest absolute Gasteiger partial charge is 0.296 e. The molecule has 0 aliphatic rings. The fourth-order valence-corrected chi connectivity index (χ4v) is 2.50. The average Bonchev–Trinajstić information content (AvgIpc) is 2.98. The van der Waals surface area contributed by atoms with Crippen molar-refractivity contribution in [3.8, 4) is 5.13 Å². The summed E-state index contributed by atoms with van der Waals surface area (Å²) in [5.41, 5.74) is 1.30. The van der Waals surface area contributed by atoms with E-state index in [-0.39, 0.29) is 5.92 Å². The highest BCUT2D eigenvalue weighted by atomic mass is 32.1. The van der Waals surface area contributed by atoms with Gasteiger partial charge in [-0.05, 0) is 12.8 Å². The van der Waals surface area contributed by atoms with Crippen molar-refractivity contribution in [2.75, 3.05) is 0 Å². The molecule has 0 aromatic carbocycles.